The number of carbonyl (C=O) groups is 1. The summed E-state index contributed by atoms with van der Waals surface area (Å²) in [6, 6.07) is 3.71. The van der Waals surface area contributed by atoms with Crippen LogP contribution < -0.4 is 4.72 Å². The van der Waals surface area contributed by atoms with Crippen LogP contribution >= 0.6 is 15.9 Å². The van der Waals surface area contributed by atoms with Crippen molar-refractivity contribution in [3.63, 3.8) is 0 Å². The summed E-state index contributed by atoms with van der Waals surface area (Å²) in [7, 11) is -3.79. The number of aromatic carboxylic acids is 1. The molecular weight excluding hydrogens is 362 g/mol. The summed E-state index contributed by atoms with van der Waals surface area (Å²) in [5.74, 6) is -1.17. The van der Waals surface area contributed by atoms with Crippen molar-refractivity contribution in [3.8, 4) is 0 Å². The van der Waals surface area contributed by atoms with Gasteiger partial charge in [0.1, 0.15) is 0 Å². The van der Waals surface area contributed by atoms with E-state index in [4.69, 9.17) is 9.84 Å². The molecular formula is C13H16BrNO5S. The van der Waals surface area contributed by atoms with E-state index in [1.54, 1.807) is 0 Å². The van der Waals surface area contributed by atoms with E-state index in [-0.39, 0.29) is 22.6 Å². The van der Waals surface area contributed by atoms with E-state index in [0.29, 0.717) is 23.9 Å². The summed E-state index contributed by atoms with van der Waals surface area (Å²) in [4.78, 5) is 10.9. The summed E-state index contributed by atoms with van der Waals surface area (Å²) in [5, 5.41) is 8.97. The van der Waals surface area contributed by atoms with Crippen molar-refractivity contribution in [3.05, 3.63) is 28.2 Å². The monoisotopic (exact) mass is 377 g/mol. The van der Waals surface area contributed by atoms with E-state index in [1.807, 2.05) is 6.92 Å². The number of nitrogens with one attached hydrogen (secondary N) is 1. The van der Waals surface area contributed by atoms with E-state index >= 15 is 0 Å². The minimum Gasteiger partial charge on any atom is -0.478 e. The largest absolute Gasteiger partial charge is 0.478 e. The maximum atomic E-state index is 12.4. The minimum atomic E-state index is -3.79. The summed E-state index contributed by atoms with van der Waals surface area (Å²) >= 11 is 3.16. The Morgan fingerprint density at radius 2 is 2.19 bits per heavy atom. The molecule has 1 fully saturated rings. The molecule has 0 radical (unpaired) electrons. The number of ether oxygens (including phenoxy) is 1. The third-order valence-corrected chi connectivity index (χ3v) is 5.79. The number of sulfonamides is 1. The fourth-order valence-corrected chi connectivity index (χ4v) is 4.50. The van der Waals surface area contributed by atoms with Crippen LogP contribution in [0.1, 0.15) is 30.1 Å². The second-order valence-electron chi connectivity index (χ2n) is 4.97. The predicted octanol–water partition coefficient (Wildman–Crippen LogP) is 1.99. The van der Waals surface area contributed by atoms with E-state index in [0.717, 1.165) is 6.07 Å². The molecule has 1 saturated heterocycles. The second kappa shape index (κ2) is 6.43. The molecule has 0 aliphatic carbocycles. The van der Waals surface area contributed by atoms with E-state index < -0.39 is 16.0 Å². The number of halogens is 1. The van der Waals surface area contributed by atoms with Crippen LogP contribution in [0.25, 0.3) is 0 Å². The molecule has 6 nitrogen and oxygen atoms in total. The molecule has 1 aliphatic heterocycles. The minimum absolute atomic E-state index is 0.000226. The van der Waals surface area contributed by atoms with Crippen molar-refractivity contribution in [1.82, 2.24) is 4.72 Å². The number of hydrogen-bond donors (Lipinski definition) is 2. The Labute approximate surface area is 131 Å². The van der Waals surface area contributed by atoms with Gasteiger partial charge >= 0.3 is 5.97 Å². The van der Waals surface area contributed by atoms with Crippen molar-refractivity contribution in [2.24, 2.45) is 0 Å². The highest BCUT2D eigenvalue weighted by Gasteiger charge is 2.27. The summed E-state index contributed by atoms with van der Waals surface area (Å²) in [6.45, 7) is 2.39. The molecule has 116 valence electrons. The van der Waals surface area contributed by atoms with Crippen LogP contribution in [-0.4, -0.2) is 38.2 Å². The lowest BCUT2D eigenvalue weighted by atomic mass is 10.1. The number of hydrogen-bond acceptors (Lipinski definition) is 4. The van der Waals surface area contributed by atoms with Gasteiger partial charge < -0.3 is 9.84 Å². The highest BCUT2D eigenvalue weighted by molar-refractivity contribution is 9.10. The molecule has 0 spiro atoms. The van der Waals surface area contributed by atoms with Crippen LogP contribution in [-0.2, 0) is 14.8 Å². The van der Waals surface area contributed by atoms with Gasteiger partial charge in [0.05, 0.1) is 16.6 Å². The third-order valence-electron chi connectivity index (χ3n) is 3.27. The number of carboxylic acids is 1. The quantitative estimate of drug-likeness (QED) is 0.836. The molecule has 8 heteroatoms. The fourth-order valence-electron chi connectivity index (χ4n) is 2.23. The zero-order chi connectivity index (χ0) is 15.6. The van der Waals surface area contributed by atoms with Gasteiger partial charge in [-0.05, 0) is 53.9 Å². The number of carboxylic acid groups (broad SMARTS) is 1. The lowest BCUT2D eigenvalue weighted by molar-refractivity contribution is 0.0173. The smallest absolute Gasteiger partial charge is 0.335 e. The Bertz CT molecular complexity index is 646. The van der Waals surface area contributed by atoms with Crippen molar-refractivity contribution < 1.29 is 23.1 Å². The Morgan fingerprint density at radius 3 is 2.81 bits per heavy atom. The molecule has 1 aromatic rings. The average Bonchev–Trinajstić information content (AvgIpc) is 2.38. The molecule has 1 aromatic carbocycles. The van der Waals surface area contributed by atoms with Crippen LogP contribution in [0.2, 0.25) is 0 Å². The summed E-state index contributed by atoms with van der Waals surface area (Å²) < 4.78 is 33.2. The van der Waals surface area contributed by atoms with E-state index in [9.17, 15) is 13.2 Å². The fraction of sp³-hybridized carbons (Fsp3) is 0.462. The summed E-state index contributed by atoms with van der Waals surface area (Å²) in [5.41, 5.74) is -0.0704. The van der Waals surface area contributed by atoms with E-state index in [2.05, 4.69) is 20.7 Å². The van der Waals surface area contributed by atoms with E-state index in [1.165, 1.54) is 12.1 Å². The van der Waals surface area contributed by atoms with Crippen LogP contribution in [0.4, 0.5) is 0 Å². The maximum Gasteiger partial charge on any atom is 0.335 e. The first-order valence-corrected chi connectivity index (χ1v) is 8.74. The van der Waals surface area contributed by atoms with Gasteiger partial charge in [-0.2, -0.15) is 0 Å². The van der Waals surface area contributed by atoms with Crippen LogP contribution in [0, 0.1) is 0 Å². The maximum absolute atomic E-state index is 12.4. The Hall–Kier alpha value is -0.960. The molecule has 2 rings (SSSR count). The lowest BCUT2D eigenvalue weighted by Gasteiger charge is -2.27. The SMILES string of the molecule is CC1CC(NS(=O)(=O)c2cc(C(=O)O)ccc2Br)CCO1. The molecule has 0 saturated carbocycles. The van der Waals surface area contributed by atoms with Crippen molar-refractivity contribution in [2.45, 2.75) is 36.8 Å². The topological polar surface area (TPSA) is 92.7 Å². The molecule has 0 bridgehead atoms. The molecule has 2 unspecified atom stereocenters. The second-order valence-corrected chi connectivity index (χ2v) is 7.51. The average molecular weight is 378 g/mol. The van der Waals surface area contributed by atoms with Crippen molar-refractivity contribution in [2.75, 3.05) is 6.61 Å². The standard InChI is InChI=1S/C13H16BrNO5S/c1-8-6-10(4-5-20-8)15-21(18,19)12-7-9(13(16)17)2-3-11(12)14/h2-3,7-8,10,15H,4-6H2,1H3,(H,16,17). The van der Waals surface area contributed by atoms with Gasteiger partial charge in [-0.15, -0.1) is 0 Å². The Kier molecular flexibility index (Phi) is 5.03. The van der Waals surface area contributed by atoms with Gasteiger partial charge in [0.25, 0.3) is 0 Å². The first-order chi connectivity index (χ1) is 9.79. The molecule has 1 aliphatic rings. The van der Waals surface area contributed by atoms with Crippen LogP contribution in [0.3, 0.4) is 0 Å². The molecule has 1 heterocycles. The normalized spacial score (nSPS) is 23.0. The van der Waals surface area contributed by atoms with Gasteiger partial charge in [0.2, 0.25) is 10.0 Å². The molecule has 0 aromatic heterocycles. The Morgan fingerprint density at radius 1 is 1.48 bits per heavy atom. The highest BCUT2D eigenvalue weighted by Crippen LogP contribution is 2.25. The van der Waals surface area contributed by atoms with Crippen molar-refractivity contribution >= 4 is 31.9 Å². The van der Waals surface area contributed by atoms with Crippen molar-refractivity contribution in [1.29, 1.82) is 0 Å². The number of benzene rings is 1. The zero-order valence-corrected chi connectivity index (χ0v) is 13.8. The first-order valence-electron chi connectivity index (χ1n) is 6.46. The lowest BCUT2D eigenvalue weighted by Crippen LogP contribution is -2.41. The molecule has 0 amide bonds. The van der Waals surface area contributed by atoms with Crippen LogP contribution in [0.15, 0.2) is 27.6 Å². The summed E-state index contributed by atoms with van der Waals surface area (Å²) in [6.07, 6.45) is 1.19. The van der Waals surface area contributed by atoms with Gasteiger partial charge in [-0.1, -0.05) is 0 Å². The molecule has 21 heavy (non-hydrogen) atoms. The first kappa shape index (κ1) is 16.4. The van der Waals surface area contributed by atoms with Gasteiger partial charge in [-0.25, -0.2) is 17.9 Å². The Balaban J connectivity index is 2.26. The molecule has 2 atom stereocenters. The van der Waals surface area contributed by atoms with Gasteiger partial charge in [0, 0.05) is 17.1 Å². The third kappa shape index (κ3) is 4.03. The van der Waals surface area contributed by atoms with Gasteiger partial charge in [0.15, 0.2) is 0 Å². The highest BCUT2D eigenvalue weighted by atomic mass is 79.9. The predicted molar refractivity (Wildman–Crippen MR) is 79.9 cm³/mol. The number of rotatable bonds is 4. The van der Waals surface area contributed by atoms with Crippen LogP contribution in [0.5, 0.6) is 0 Å². The zero-order valence-electron chi connectivity index (χ0n) is 11.4. The van der Waals surface area contributed by atoms with Gasteiger partial charge in [-0.3, -0.25) is 0 Å². The molecule has 2 N–H and O–H groups in total.